The molecule has 1 aromatic heterocycles. The first-order chi connectivity index (χ1) is 11.1. The van der Waals surface area contributed by atoms with Gasteiger partial charge in [-0.1, -0.05) is 15.3 Å². The largest absolute Gasteiger partial charge is 0.325 e. The number of likely N-dealkylation sites (N-methyl/N-ethyl adjacent to an activating group) is 1. The SMILES string of the molecule is CN1C(=O)C2(S)CC(C)(C#N)C(c3cccnc3)N2C(=O)C1(C)P. The number of piperazine rings is 1. The summed E-state index contributed by atoms with van der Waals surface area (Å²) in [5.74, 6) is -0.534. The fourth-order valence-electron chi connectivity index (χ4n) is 3.68. The lowest BCUT2D eigenvalue weighted by Crippen LogP contribution is -2.69. The summed E-state index contributed by atoms with van der Waals surface area (Å²) in [6.07, 6.45) is 3.43. The van der Waals surface area contributed by atoms with E-state index < -0.39 is 21.6 Å². The zero-order chi connectivity index (χ0) is 17.9. The van der Waals surface area contributed by atoms with Crippen molar-refractivity contribution in [1.82, 2.24) is 14.8 Å². The molecule has 0 bridgehead atoms. The Bertz CT molecular complexity index is 765. The van der Waals surface area contributed by atoms with Crippen LogP contribution in [0.5, 0.6) is 0 Å². The van der Waals surface area contributed by atoms with Gasteiger partial charge >= 0.3 is 0 Å². The Hall–Kier alpha value is -1.64. The normalized spacial score (nSPS) is 38.9. The number of nitrogens with zero attached hydrogens (tertiary/aromatic N) is 4. The molecule has 2 saturated heterocycles. The van der Waals surface area contributed by atoms with Crippen LogP contribution in [0, 0.1) is 16.7 Å². The van der Waals surface area contributed by atoms with Crippen molar-refractivity contribution in [2.75, 3.05) is 7.05 Å². The Balaban J connectivity index is 2.24. The Kier molecular flexibility index (Phi) is 3.71. The van der Waals surface area contributed by atoms with Crippen LogP contribution in [0.25, 0.3) is 0 Å². The quantitative estimate of drug-likeness (QED) is 0.608. The van der Waals surface area contributed by atoms with Crippen LogP contribution in [-0.2, 0) is 9.59 Å². The zero-order valence-electron chi connectivity index (χ0n) is 13.7. The molecule has 8 heteroatoms. The number of amides is 2. The second-order valence-electron chi connectivity index (χ2n) is 6.90. The highest BCUT2D eigenvalue weighted by molar-refractivity contribution is 7.82. The number of fused-ring (bicyclic) bond motifs is 1. The molecule has 1 aromatic rings. The van der Waals surface area contributed by atoms with Crippen LogP contribution in [0.4, 0.5) is 0 Å². The average molecular weight is 362 g/mol. The van der Waals surface area contributed by atoms with E-state index in [9.17, 15) is 14.9 Å². The van der Waals surface area contributed by atoms with E-state index in [0.29, 0.717) is 0 Å². The fourth-order valence-corrected chi connectivity index (χ4v) is 4.62. The van der Waals surface area contributed by atoms with Gasteiger partial charge in [0.25, 0.3) is 11.8 Å². The molecule has 3 rings (SSSR count). The first-order valence-corrected chi connectivity index (χ1v) is 8.56. The molecule has 6 nitrogen and oxygen atoms in total. The van der Waals surface area contributed by atoms with Gasteiger partial charge in [-0.2, -0.15) is 5.26 Å². The summed E-state index contributed by atoms with van der Waals surface area (Å²) in [6.45, 7) is 3.44. The minimum Gasteiger partial charge on any atom is -0.325 e. The minimum atomic E-state index is -1.34. The third-order valence-electron chi connectivity index (χ3n) is 5.13. The summed E-state index contributed by atoms with van der Waals surface area (Å²) in [6, 6.07) is 5.30. The van der Waals surface area contributed by atoms with Crippen LogP contribution in [0.15, 0.2) is 24.5 Å². The molecule has 0 aliphatic carbocycles. The van der Waals surface area contributed by atoms with E-state index in [1.165, 1.54) is 9.80 Å². The molecule has 2 amide bonds. The molecule has 126 valence electrons. The number of thiol groups is 1. The maximum absolute atomic E-state index is 13.2. The van der Waals surface area contributed by atoms with Gasteiger partial charge in [-0.15, -0.1) is 12.6 Å². The Morgan fingerprint density at radius 3 is 2.62 bits per heavy atom. The minimum absolute atomic E-state index is 0.162. The third-order valence-corrected chi connectivity index (χ3v) is 6.32. The van der Waals surface area contributed by atoms with Gasteiger partial charge in [0.1, 0.15) is 5.28 Å². The number of hydrogen-bond acceptors (Lipinski definition) is 5. The number of hydrogen-bond donors (Lipinski definition) is 1. The maximum Gasteiger partial charge on any atom is 0.259 e. The fraction of sp³-hybridized carbons (Fsp3) is 0.500. The molecular formula is C16H19N4O2PS. The van der Waals surface area contributed by atoms with Crippen LogP contribution in [0.2, 0.25) is 0 Å². The molecule has 3 heterocycles. The van der Waals surface area contributed by atoms with Gasteiger partial charge in [-0.25, -0.2) is 0 Å². The van der Waals surface area contributed by atoms with Crippen LogP contribution in [0.3, 0.4) is 0 Å². The van der Waals surface area contributed by atoms with Gasteiger partial charge in [-0.3, -0.25) is 14.6 Å². The number of pyridine rings is 1. The van der Waals surface area contributed by atoms with Crippen molar-refractivity contribution in [3.8, 4) is 6.07 Å². The van der Waals surface area contributed by atoms with Crippen molar-refractivity contribution in [1.29, 1.82) is 5.26 Å². The molecule has 0 saturated carbocycles. The lowest BCUT2D eigenvalue weighted by atomic mass is 9.80. The van der Waals surface area contributed by atoms with E-state index in [-0.39, 0.29) is 18.2 Å². The average Bonchev–Trinajstić information content (AvgIpc) is 2.81. The van der Waals surface area contributed by atoms with Crippen LogP contribution < -0.4 is 0 Å². The maximum atomic E-state index is 13.2. The van der Waals surface area contributed by atoms with Gasteiger partial charge in [0.05, 0.1) is 17.5 Å². The Morgan fingerprint density at radius 1 is 1.42 bits per heavy atom. The van der Waals surface area contributed by atoms with Crippen molar-refractivity contribution < 1.29 is 9.59 Å². The highest BCUT2D eigenvalue weighted by Crippen LogP contribution is 2.59. The lowest BCUT2D eigenvalue weighted by molar-refractivity contribution is -0.163. The van der Waals surface area contributed by atoms with E-state index in [1.54, 1.807) is 39.4 Å². The third kappa shape index (κ3) is 2.03. The second-order valence-corrected chi connectivity index (χ2v) is 8.76. The molecule has 24 heavy (non-hydrogen) atoms. The molecular weight excluding hydrogens is 343 g/mol. The van der Waals surface area contributed by atoms with Gasteiger partial charge in [0.15, 0.2) is 4.87 Å². The van der Waals surface area contributed by atoms with E-state index in [0.717, 1.165) is 5.56 Å². The van der Waals surface area contributed by atoms with Crippen molar-refractivity contribution in [3.05, 3.63) is 30.1 Å². The monoisotopic (exact) mass is 362 g/mol. The van der Waals surface area contributed by atoms with Crippen LogP contribution >= 0.6 is 21.9 Å². The van der Waals surface area contributed by atoms with Crippen molar-refractivity contribution >= 4 is 33.7 Å². The van der Waals surface area contributed by atoms with Crippen molar-refractivity contribution in [2.24, 2.45) is 5.41 Å². The van der Waals surface area contributed by atoms with E-state index in [1.807, 2.05) is 6.07 Å². The molecule has 5 atom stereocenters. The summed E-state index contributed by atoms with van der Waals surface area (Å²) in [4.78, 5) is 31.8. The number of carbonyl (C=O) groups is 2. The van der Waals surface area contributed by atoms with Gasteiger partial charge in [0, 0.05) is 25.9 Å². The molecule has 2 aliphatic rings. The second kappa shape index (κ2) is 5.18. The molecule has 2 fully saturated rings. The first kappa shape index (κ1) is 17.2. The summed E-state index contributed by atoms with van der Waals surface area (Å²) in [5, 5.41) is 8.74. The van der Waals surface area contributed by atoms with Crippen LogP contribution in [-0.4, -0.2) is 43.8 Å². The first-order valence-electron chi connectivity index (χ1n) is 7.54. The summed E-state index contributed by atoms with van der Waals surface area (Å²) < 4.78 is 0. The molecule has 2 aliphatic heterocycles. The summed E-state index contributed by atoms with van der Waals surface area (Å²) >= 11 is 4.61. The molecule has 0 aromatic carbocycles. The zero-order valence-corrected chi connectivity index (χ0v) is 15.8. The number of carbonyl (C=O) groups excluding carboxylic acids is 2. The molecule has 0 spiro atoms. The van der Waals surface area contributed by atoms with E-state index >= 15 is 0 Å². The van der Waals surface area contributed by atoms with E-state index in [2.05, 4.69) is 32.9 Å². The number of aromatic nitrogens is 1. The Labute approximate surface area is 148 Å². The van der Waals surface area contributed by atoms with Crippen molar-refractivity contribution in [3.63, 3.8) is 0 Å². The smallest absolute Gasteiger partial charge is 0.259 e. The van der Waals surface area contributed by atoms with Gasteiger partial charge < -0.3 is 9.80 Å². The lowest BCUT2D eigenvalue weighted by Gasteiger charge is -2.51. The topological polar surface area (TPSA) is 77.3 Å². The summed E-state index contributed by atoms with van der Waals surface area (Å²) in [5.41, 5.74) is -0.217. The molecule has 0 radical (unpaired) electrons. The Morgan fingerprint density at radius 2 is 2.08 bits per heavy atom. The standard InChI is InChI=1S/C16H19N4O2PS/c1-14(9-17)8-16(24)13(22)19(3)15(2,23)12(21)20(16)11(14)10-5-4-6-18-7-10/h4-7,11,24H,8,23H2,1-3H3. The van der Waals surface area contributed by atoms with E-state index in [4.69, 9.17) is 0 Å². The van der Waals surface area contributed by atoms with Gasteiger partial charge in [-0.05, 0) is 25.5 Å². The molecule has 5 unspecified atom stereocenters. The highest BCUT2D eigenvalue weighted by atomic mass is 32.1. The predicted octanol–water partition coefficient (Wildman–Crippen LogP) is 1.57. The van der Waals surface area contributed by atoms with Crippen LogP contribution in [0.1, 0.15) is 31.9 Å². The summed E-state index contributed by atoms with van der Waals surface area (Å²) in [7, 11) is 4.03. The number of nitriles is 1. The predicted molar refractivity (Wildman–Crippen MR) is 94.8 cm³/mol. The molecule has 0 N–H and O–H groups in total. The van der Waals surface area contributed by atoms with Gasteiger partial charge in [0.2, 0.25) is 0 Å². The highest BCUT2D eigenvalue weighted by Gasteiger charge is 2.68. The van der Waals surface area contributed by atoms with Crippen molar-refractivity contribution in [2.45, 2.75) is 36.5 Å². The number of rotatable bonds is 1.